The molecule has 2 fully saturated rings. The number of hydrogen-bond donors (Lipinski definition) is 0. The summed E-state index contributed by atoms with van der Waals surface area (Å²) in [7, 11) is 0. The third-order valence-corrected chi connectivity index (χ3v) is 6.41. The lowest BCUT2D eigenvalue weighted by Crippen LogP contribution is -2.65. The average molecular weight is 429 g/mol. The van der Waals surface area contributed by atoms with E-state index in [0.717, 1.165) is 34.6 Å². The van der Waals surface area contributed by atoms with Crippen molar-refractivity contribution in [1.29, 1.82) is 0 Å². The van der Waals surface area contributed by atoms with Crippen molar-refractivity contribution in [2.45, 2.75) is 12.5 Å². The molecule has 8 nitrogen and oxygen atoms in total. The molecule has 0 bridgehead atoms. The monoisotopic (exact) mass is 429 g/mol. The fourth-order valence-corrected chi connectivity index (χ4v) is 4.72. The maximum atomic E-state index is 14.6. The van der Waals surface area contributed by atoms with Crippen molar-refractivity contribution in [3.05, 3.63) is 72.4 Å². The number of halogens is 1. The molecular formula is C23H20FN7O. The first-order chi connectivity index (χ1) is 15.7. The van der Waals surface area contributed by atoms with Crippen LogP contribution in [0.25, 0.3) is 16.7 Å². The zero-order valence-corrected chi connectivity index (χ0v) is 17.2. The first-order valence-electron chi connectivity index (χ1n) is 10.6. The third kappa shape index (κ3) is 3.00. The maximum absolute atomic E-state index is 14.6. The number of aromatic nitrogens is 5. The van der Waals surface area contributed by atoms with Crippen molar-refractivity contribution < 1.29 is 9.18 Å². The summed E-state index contributed by atoms with van der Waals surface area (Å²) in [6, 6.07) is 12.4. The van der Waals surface area contributed by atoms with Crippen LogP contribution < -0.4 is 4.90 Å². The molecule has 2 aliphatic heterocycles. The minimum Gasteiger partial charge on any atom is -0.350 e. The summed E-state index contributed by atoms with van der Waals surface area (Å²) in [5, 5.41) is 8.04. The molecule has 2 aromatic heterocycles. The predicted molar refractivity (Wildman–Crippen MR) is 116 cm³/mol. The summed E-state index contributed by atoms with van der Waals surface area (Å²) in [5.41, 5.74) is 2.06. The van der Waals surface area contributed by atoms with Crippen LogP contribution in [-0.2, 0) is 0 Å². The van der Waals surface area contributed by atoms with E-state index >= 15 is 0 Å². The number of piperidine rings is 1. The molecule has 4 heterocycles. The van der Waals surface area contributed by atoms with Crippen molar-refractivity contribution in [2.24, 2.45) is 5.92 Å². The van der Waals surface area contributed by atoms with Gasteiger partial charge in [0, 0.05) is 25.6 Å². The van der Waals surface area contributed by atoms with E-state index in [-0.39, 0.29) is 23.2 Å². The Morgan fingerprint density at radius 1 is 1.00 bits per heavy atom. The number of hydrogen-bond acceptors (Lipinski definition) is 6. The van der Waals surface area contributed by atoms with Crippen molar-refractivity contribution in [3.63, 3.8) is 0 Å². The molecule has 0 N–H and O–H groups in total. The van der Waals surface area contributed by atoms with Gasteiger partial charge in [-0.1, -0.05) is 18.2 Å². The first-order valence-corrected chi connectivity index (χ1v) is 10.6. The van der Waals surface area contributed by atoms with Gasteiger partial charge in [-0.05, 0) is 30.7 Å². The number of carbonyl (C=O) groups is 1. The van der Waals surface area contributed by atoms with Gasteiger partial charge in [-0.15, -0.1) is 4.80 Å². The Morgan fingerprint density at radius 3 is 2.66 bits per heavy atom. The molecule has 2 saturated heterocycles. The Hall–Kier alpha value is -3.88. The highest BCUT2D eigenvalue weighted by molar-refractivity contribution is 5.98. The molecule has 160 valence electrons. The minimum absolute atomic E-state index is 0.0792. The van der Waals surface area contributed by atoms with Crippen LogP contribution in [0.2, 0.25) is 0 Å². The SMILES string of the molecule is O=C(c1cccc(F)c1-n1nccn1)N1CCC2CN(c3cnc4ccccc4n3)C2C1. The van der Waals surface area contributed by atoms with Gasteiger partial charge in [-0.25, -0.2) is 9.37 Å². The fraction of sp³-hybridized carbons (Fsp3) is 0.261. The molecule has 32 heavy (non-hydrogen) atoms. The van der Waals surface area contributed by atoms with Crippen LogP contribution in [0, 0.1) is 11.7 Å². The van der Waals surface area contributed by atoms with Crippen LogP contribution in [-0.4, -0.2) is 61.4 Å². The summed E-state index contributed by atoms with van der Waals surface area (Å²) in [6.07, 6.45) is 5.62. The van der Waals surface area contributed by atoms with Crippen LogP contribution in [0.4, 0.5) is 10.2 Å². The van der Waals surface area contributed by atoms with Crippen LogP contribution in [0.3, 0.4) is 0 Å². The molecule has 0 radical (unpaired) electrons. The van der Waals surface area contributed by atoms with Gasteiger partial charge in [0.2, 0.25) is 0 Å². The lowest BCUT2D eigenvalue weighted by Gasteiger charge is -2.53. The summed E-state index contributed by atoms with van der Waals surface area (Å²) < 4.78 is 14.6. The van der Waals surface area contributed by atoms with E-state index in [1.165, 1.54) is 18.5 Å². The molecule has 2 aromatic carbocycles. The highest BCUT2D eigenvalue weighted by atomic mass is 19.1. The summed E-state index contributed by atoms with van der Waals surface area (Å²) in [4.78, 5) is 27.9. The van der Waals surface area contributed by atoms with Gasteiger partial charge in [0.15, 0.2) is 5.82 Å². The smallest absolute Gasteiger partial charge is 0.256 e. The second-order valence-corrected chi connectivity index (χ2v) is 8.19. The van der Waals surface area contributed by atoms with Crippen LogP contribution in [0.5, 0.6) is 0 Å². The number of para-hydroxylation sites is 3. The van der Waals surface area contributed by atoms with E-state index in [0.29, 0.717) is 19.0 Å². The largest absolute Gasteiger partial charge is 0.350 e. The molecule has 0 spiro atoms. The number of fused-ring (bicyclic) bond motifs is 2. The first kappa shape index (κ1) is 18.9. The normalized spacial score (nSPS) is 20.2. The van der Waals surface area contributed by atoms with Crippen molar-refractivity contribution in [2.75, 3.05) is 24.5 Å². The van der Waals surface area contributed by atoms with E-state index in [1.54, 1.807) is 23.2 Å². The number of benzene rings is 2. The van der Waals surface area contributed by atoms with E-state index in [1.807, 2.05) is 24.3 Å². The predicted octanol–water partition coefficient (Wildman–Crippen LogP) is 2.70. The van der Waals surface area contributed by atoms with Gasteiger partial charge >= 0.3 is 0 Å². The van der Waals surface area contributed by atoms with Crippen LogP contribution in [0.15, 0.2) is 61.1 Å². The van der Waals surface area contributed by atoms with Gasteiger partial charge in [0.1, 0.15) is 11.5 Å². The quantitative estimate of drug-likeness (QED) is 0.498. The van der Waals surface area contributed by atoms with Gasteiger partial charge in [-0.3, -0.25) is 9.78 Å². The zero-order valence-electron chi connectivity index (χ0n) is 17.2. The Labute approximate surface area is 183 Å². The summed E-state index contributed by atoms with van der Waals surface area (Å²) in [6.45, 7) is 2.10. The lowest BCUT2D eigenvalue weighted by atomic mass is 9.82. The molecule has 2 unspecified atom stereocenters. The highest BCUT2D eigenvalue weighted by Gasteiger charge is 2.44. The number of amides is 1. The molecule has 1 amide bonds. The molecule has 9 heteroatoms. The number of likely N-dealkylation sites (tertiary alicyclic amines) is 1. The standard InChI is InChI=1S/C23H20FN7O/c24-17-5-3-4-16(22(17)31-26-9-10-27-31)23(32)29-11-8-15-13-30(20(15)14-29)21-12-25-18-6-1-2-7-19(18)28-21/h1-7,9-10,12,15,20H,8,11,13-14H2. The third-order valence-electron chi connectivity index (χ3n) is 6.41. The second-order valence-electron chi connectivity index (χ2n) is 8.19. The van der Waals surface area contributed by atoms with E-state index in [4.69, 9.17) is 4.98 Å². The number of nitrogens with zero attached hydrogens (tertiary/aromatic N) is 7. The molecule has 0 saturated carbocycles. The molecule has 2 aliphatic rings. The Kier molecular flexibility index (Phi) is 4.34. The molecule has 2 atom stereocenters. The Balaban J connectivity index is 1.26. The van der Waals surface area contributed by atoms with Crippen molar-refractivity contribution >= 4 is 22.8 Å². The molecule has 6 rings (SSSR count). The Bertz CT molecular complexity index is 1310. The number of carbonyl (C=O) groups excluding carboxylic acids is 1. The van der Waals surface area contributed by atoms with Gasteiger partial charge in [0.05, 0.1) is 41.2 Å². The second kappa shape index (κ2) is 7.37. The number of anilines is 1. The van der Waals surface area contributed by atoms with Crippen LogP contribution in [0.1, 0.15) is 16.8 Å². The van der Waals surface area contributed by atoms with Gasteiger partial charge < -0.3 is 9.80 Å². The minimum atomic E-state index is -0.529. The summed E-state index contributed by atoms with van der Waals surface area (Å²) in [5.74, 6) is 0.587. The van der Waals surface area contributed by atoms with Crippen molar-refractivity contribution in [1.82, 2.24) is 29.9 Å². The molecular weight excluding hydrogens is 409 g/mol. The topological polar surface area (TPSA) is 80.0 Å². The van der Waals surface area contributed by atoms with E-state index in [9.17, 15) is 9.18 Å². The fourth-order valence-electron chi connectivity index (χ4n) is 4.72. The Morgan fingerprint density at radius 2 is 1.81 bits per heavy atom. The van der Waals surface area contributed by atoms with Crippen LogP contribution >= 0.6 is 0 Å². The summed E-state index contributed by atoms with van der Waals surface area (Å²) >= 11 is 0. The maximum Gasteiger partial charge on any atom is 0.256 e. The number of rotatable bonds is 3. The van der Waals surface area contributed by atoms with Gasteiger partial charge in [-0.2, -0.15) is 10.2 Å². The van der Waals surface area contributed by atoms with Gasteiger partial charge in [0.25, 0.3) is 5.91 Å². The highest BCUT2D eigenvalue weighted by Crippen LogP contribution is 2.36. The average Bonchev–Trinajstić information content (AvgIpc) is 3.33. The zero-order chi connectivity index (χ0) is 21.7. The van der Waals surface area contributed by atoms with E-state index < -0.39 is 5.82 Å². The van der Waals surface area contributed by atoms with Crippen molar-refractivity contribution in [3.8, 4) is 5.69 Å². The van der Waals surface area contributed by atoms with E-state index in [2.05, 4.69) is 20.1 Å². The molecule has 0 aliphatic carbocycles. The molecule has 4 aromatic rings. The lowest BCUT2D eigenvalue weighted by molar-refractivity contribution is 0.0590.